The van der Waals surface area contributed by atoms with Crippen molar-refractivity contribution in [2.75, 3.05) is 6.54 Å². The SMILES string of the molecule is CCNCc1cc(S(=O)(=O)NC2(C)CC2)ccc1C. The molecule has 5 heteroatoms. The average molecular weight is 282 g/mol. The third-order valence-corrected chi connectivity index (χ3v) is 5.21. The van der Waals surface area contributed by atoms with Gasteiger partial charge in [0.15, 0.2) is 0 Å². The molecule has 2 rings (SSSR count). The summed E-state index contributed by atoms with van der Waals surface area (Å²) in [5.41, 5.74) is 1.91. The minimum atomic E-state index is -3.40. The highest BCUT2D eigenvalue weighted by atomic mass is 32.2. The largest absolute Gasteiger partial charge is 0.313 e. The van der Waals surface area contributed by atoms with Crippen molar-refractivity contribution in [3.05, 3.63) is 29.3 Å². The van der Waals surface area contributed by atoms with Crippen molar-refractivity contribution in [1.29, 1.82) is 0 Å². The molecular formula is C14H22N2O2S. The van der Waals surface area contributed by atoms with E-state index in [4.69, 9.17) is 0 Å². The van der Waals surface area contributed by atoms with Crippen LogP contribution in [0.2, 0.25) is 0 Å². The van der Waals surface area contributed by atoms with Gasteiger partial charge in [0, 0.05) is 12.1 Å². The lowest BCUT2D eigenvalue weighted by Crippen LogP contribution is -2.34. The molecule has 1 aliphatic rings. The Bertz CT molecular complexity index is 563. The molecule has 0 heterocycles. The molecule has 1 saturated carbocycles. The number of hydrogen-bond acceptors (Lipinski definition) is 3. The molecule has 1 aromatic carbocycles. The first-order valence-electron chi connectivity index (χ1n) is 6.70. The van der Waals surface area contributed by atoms with Crippen LogP contribution in [0.15, 0.2) is 23.1 Å². The summed E-state index contributed by atoms with van der Waals surface area (Å²) < 4.78 is 27.4. The molecule has 106 valence electrons. The smallest absolute Gasteiger partial charge is 0.241 e. The summed E-state index contributed by atoms with van der Waals surface area (Å²) in [6.45, 7) is 7.54. The van der Waals surface area contributed by atoms with Crippen LogP contribution in [0.1, 0.15) is 37.8 Å². The maximum absolute atomic E-state index is 12.3. The van der Waals surface area contributed by atoms with Crippen LogP contribution < -0.4 is 10.0 Å². The molecule has 4 nitrogen and oxygen atoms in total. The lowest BCUT2D eigenvalue weighted by Gasteiger charge is -2.14. The fourth-order valence-electron chi connectivity index (χ4n) is 1.94. The summed E-state index contributed by atoms with van der Waals surface area (Å²) in [6, 6.07) is 5.32. The van der Waals surface area contributed by atoms with Crippen molar-refractivity contribution >= 4 is 10.0 Å². The van der Waals surface area contributed by atoms with Crippen molar-refractivity contribution in [3.8, 4) is 0 Å². The first-order valence-corrected chi connectivity index (χ1v) is 8.19. The Morgan fingerprint density at radius 3 is 2.58 bits per heavy atom. The van der Waals surface area contributed by atoms with E-state index in [9.17, 15) is 8.42 Å². The standard InChI is InChI=1S/C14H22N2O2S/c1-4-15-10-12-9-13(6-5-11(12)2)19(17,18)16-14(3)7-8-14/h5-6,9,15-16H,4,7-8,10H2,1-3H3. The van der Waals surface area contributed by atoms with E-state index in [2.05, 4.69) is 10.0 Å². The van der Waals surface area contributed by atoms with Crippen LogP contribution in [0.3, 0.4) is 0 Å². The number of nitrogens with one attached hydrogen (secondary N) is 2. The summed E-state index contributed by atoms with van der Waals surface area (Å²) in [5.74, 6) is 0. The van der Waals surface area contributed by atoms with Crippen LogP contribution in [0.4, 0.5) is 0 Å². The van der Waals surface area contributed by atoms with E-state index in [1.165, 1.54) is 0 Å². The van der Waals surface area contributed by atoms with Crippen LogP contribution in [-0.4, -0.2) is 20.5 Å². The second-order valence-electron chi connectivity index (χ2n) is 5.53. The fraction of sp³-hybridized carbons (Fsp3) is 0.571. The van der Waals surface area contributed by atoms with Gasteiger partial charge in [-0.1, -0.05) is 13.0 Å². The van der Waals surface area contributed by atoms with Crippen molar-refractivity contribution in [2.24, 2.45) is 0 Å². The Balaban J connectivity index is 2.24. The van der Waals surface area contributed by atoms with Gasteiger partial charge in [0.05, 0.1) is 4.90 Å². The van der Waals surface area contributed by atoms with Crippen molar-refractivity contribution in [1.82, 2.24) is 10.0 Å². The van der Waals surface area contributed by atoms with E-state index in [0.717, 1.165) is 30.5 Å². The minimum Gasteiger partial charge on any atom is -0.313 e. The predicted octanol–water partition coefficient (Wildman–Crippen LogP) is 1.94. The van der Waals surface area contributed by atoms with Crippen LogP contribution in [0.25, 0.3) is 0 Å². The molecule has 0 bridgehead atoms. The van der Waals surface area contributed by atoms with E-state index < -0.39 is 10.0 Å². The molecule has 0 radical (unpaired) electrons. The number of benzene rings is 1. The normalized spacial score (nSPS) is 17.4. The van der Waals surface area contributed by atoms with E-state index in [0.29, 0.717) is 11.4 Å². The molecule has 0 unspecified atom stereocenters. The molecule has 19 heavy (non-hydrogen) atoms. The molecule has 1 fully saturated rings. The third kappa shape index (κ3) is 3.55. The average Bonchev–Trinajstić information content (AvgIpc) is 3.04. The van der Waals surface area contributed by atoms with Crippen molar-refractivity contribution in [3.63, 3.8) is 0 Å². The van der Waals surface area contributed by atoms with Gasteiger partial charge in [0.1, 0.15) is 0 Å². The van der Waals surface area contributed by atoms with Gasteiger partial charge < -0.3 is 5.32 Å². The second-order valence-corrected chi connectivity index (χ2v) is 7.22. The Hall–Kier alpha value is -0.910. The highest BCUT2D eigenvalue weighted by Gasteiger charge is 2.41. The summed E-state index contributed by atoms with van der Waals surface area (Å²) in [6.07, 6.45) is 1.84. The highest BCUT2D eigenvalue weighted by molar-refractivity contribution is 7.89. The zero-order valence-electron chi connectivity index (χ0n) is 11.8. The van der Waals surface area contributed by atoms with E-state index in [1.807, 2.05) is 26.8 Å². The number of sulfonamides is 1. The number of rotatable bonds is 6. The van der Waals surface area contributed by atoms with Crippen molar-refractivity contribution < 1.29 is 8.42 Å². The number of hydrogen-bond donors (Lipinski definition) is 2. The van der Waals surface area contributed by atoms with Crippen LogP contribution in [0, 0.1) is 6.92 Å². The molecule has 0 saturated heterocycles. The van der Waals surface area contributed by atoms with Crippen LogP contribution in [0.5, 0.6) is 0 Å². The Kier molecular flexibility index (Phi) is 3.99. The molecular weight excluding hydrogens is 260 g/mol. The maximum Gasteiger partial charge on any atom is 0.241 e. The molecule has 0 aliphatic heterocycles. The predicted molar refractivity (Wildman–Crippen MR) is 76.5 cm³/mol. The van der Waals surface area contributed by atoms with Gasteiger partial charge in [-0.15, -0.1) is 0 Å². The van der Waals surface area contributed by atoms with Crippen molar-refractivity contribution in [2.45, 2.75) is 50.6 Å². The second kappa shape index (κ2) is 5.23. The lowest BCUT2D eigenvalue weighted by atomic mass is 10.1. The van der Waals surface area contributed by atoms with E-state index in [-0.39, 0.29) is 5.54 Å². The van der Waals surface area contributed by atoms with Gasteiger partial charge >= 0.3 is 0 Å². The first kappa shape index (κ1) is 14.5. The Labute approximate surface area is 115 Å². The quantitative estimate of drug-likeness (QED) is 0.838. The molecule has 2 N–H and O–H groups in total. The van der Waals surface area contributed by atoms with Gasteiger partial charge in [-0.25, -0.2) is 13.1 Å². The van der Waals surface area contributed by atoms with E-state index >= 15 is 0 Å². The maximum atomic E-state index is 12.3. The third-order valence-electron chi connectivity index (χ3n) is 3.58. The molecule has 1 aliphatic carbocycles. The monoisotopic (exact) mass is 282 g/mol. The minimum absolute atomic E-state index is 0.231. The summed E-state index contributed by atoms with van der Waals surface area (Å²) in [5, 5.41) is 3.23. The molecule has 1 aromatic rings. The lowest BCUT2D eigenvalue weighted by molar-refractivity contribution is 0.558. The van der Waals surface area contributed by atoms with Gasteiger partial charge in [0.2, 0.25) is 10.0 Å². The Morgan fingerprint density at radius 2 is 2.00 bits per heavy atom. The molecule has 0 amide bonds. The number of aryl methyl sites for hydroxylation is 1. The van der Waals surface area contributed by atoms with Crippen LogP contribution in [-0.2, 0) is 16.6 Å². The summed E-state index contributed by atoms with van der Waals surface area (Å²) >= 11 is 0. The molecule has 0 aromatic heterocycles. The highest BCUT2D eigenvalue weighted by Crippen LogP contribution is 2.36. The zero-order chi connectivity index (χ0) is 14.1. The zero-order valence-corrected chi connectivity index (χ0v) is 12.6. The fourth-order valence-corrected chi connectivity index (χ4v) is 3.45. The van der Waals surface area contributed by atoms with E-state index in [1.54, 1.807) is 12.1 Å². The van der Waals surface area contributed by atoms with Crippen LogP contribution >= 0.6 is 0 Å². The molecule has 0 atom stereocenters. The Morgan fingerprint density at radius 1 is 1.32 bits per heavy atom. The topological polar surface area (TPSA) is 58.2 Å². The van der Waals surface area contributed by atoms with Gasteiger partial charge in [-0.05, 0) is 56.5 Å². The van der Waals surface area contributed by atoms with Gasteiger partial charge in [-0.3, -0.25) is 0 Å². The van der Waals surface area contributed by atoms with Gasteiger partial charge in [0.25, 0.3) is 0 Å². The first-order chi connectivity index (χ1) is 8.86. The summed E-state index contributed by atoms with van der Waals surface area (Å²) in [4.78, 5) is 0.360. The van der Waals surface area contributed by atoms with Gasteiger partial charge in [-0.2, -0.15) is 0 Å². The summed E-state index contributed by atoms with van der Waals surface area (Å²) in [7, 11) is -3.40. The molecule has 0 spiro atoms.